The zero-order valence-corrected chi connectivity index (χ0v) is 21.5. The minimum atomic E-state index is 0.0360. The molecular formula is C28H32N8O2. The molecule has 10 heteroatoms. The van der Waals surface area contributed by atoms with Crippen molar-refractivity contribution in [1.82, 2.24) is 29.7 Å². The van der Waals surface area contributed by atoms with Gasteiger partial charge in [-0.1, -0.05) is 0 Å². The minimum Gasteiger partial charge on any atom is -0.493 e. The maximum absolute atomic E-state index is 13.0. The number of anilines is 2. The molecule has 4 N–H and O–H groups in total. The van der Waals surface area contributed by atoms with Crippen LogP contribution in [0.5, 0.6) is 5.75 Å². The number of rotatable bonds is 8. The minimum absolute atomic E-state index is 0.0360. The molecule has 1 saturated heterocycles. The number of carbonyl (C=O) groups is 1. The van der Waals surface area contributed by atoms with Crippen LogP contribution in [0.2, 0.25) is 0 Å². The van der Waals surface area contributed by atoms with Crippen LogP contribution < -0.4 is 15.8 Å². The van der Waals surface area contributed by atoms with Crippen molar-refractivity contribution in [2.24, 2.45) is 11.1 Å². The molecule has 4 heterocycles. The van der Waals surface area contributed by atoms with Gasteiger partial charge in [0.15, 0.2) is 0 Å². The molecule has 1 aliphatic carbocycles. The first kappa shape index (κ1) is 24.3. The van der Waals surface area contributed by atoms with Gasteiger partial charge in [-0.3, -0.25) is 9.78 Å². The Hall–Kier alpha value is -4.02. The summed E-state index contributed by atoms with van der Waals surface area (Å²) >= 11 is 0. The number of nitrogens with zero attached hydrogens (tertiary/aromatic N) is 5. The zero-order valence-electron chi connectivity index (χ0n) is 21.5. The average molecular weight is 513 g/mol. The number of ether oxygens (including phenoxy) is 1. The van der Waals surface area contributed by atoms with E-state index in [0.717, 1.165) is 61.4 Å². The van der Waals surface area contributed by atoms with Crippen molar-refractivity contribution in [2.45, 2.75) is 12.8 Å². The first-order valence-corrected chi connectivity index (χ1v) is 13.0. The number of hydrogen-bond acceptors (Lipinski definition) is 8. The number of fused-ring (bicyclic) bond motifs is 1. The monoisotopic (exact) mass is 512 g/mol. The summed E-state index contributed by atoms with van der Waals surface area (Å²) in [4.78, 5) is 33.9. The fraction of sp³-hybridized carbons (Fsp3) is 0.357. The molecule has 3 aromatic heterocycles. The van der Waals surface area contributed by atoms with Crippen LogP contribution in [0, 0.1) is 5.41 Å². The first-order chi connectivity index (χ1) is 18.5. The van der Waals surface area contributed by atoms with E-state index in [1.807, 2.05) is 47.4 Å². The Morgan fingerprint density at radius 2 is 1.87 bits per heavy atom. The smallest absolute Gasteiger partial charge is 0.270 e. The van der Waals surface area contributed by atoms with Crippen molar-refractivity contribution in [3.8, 4) is 17.1 Å². The highest BCUT2D eigenvalue weighted by Gasteiger charge is 2.42. The lowest BCUT2D eigenvalue weighted by atomic mass is 10.1. The third-order valence-corrected chi connectivity index (χ3v) is 7.48. The lowest BCUT2D eigenvalue weighted by Crippen LogP contribution is -2.47. The highest BCUT2D eigenvalue weighted by Crippen LogP contribution is 2.44. The van der Waals surface area contributed by atoms with Crippen molar-refractivity contribution in [3.05, 3.63) is 60.6 Å². The summed E-state index contributed by atoms with van der Waals surface area (Å²) < 4.78 is 6.00. The number of nitrogens with two attached hydrogens (primary N) is 1. The molecule has 1 amide bonds. The summed E-state index contributed by atoms with van der Waals surface area (Å²) in [7, 11) is 2.08. The second-order valence-electron chi connectivity index (χ2n) is 10.3. The van der Waals surface area contributed by atoms with Crippen LogP contribution in [0.15, 0.2) is 54.9 Å². The van der Waals surface area contributed by atoms with Gasteiger partial charge < -0.3 is 30.6 Å². The van der Waals surface area contributed by atoms with Gasteiger partial charge in [0.1, 0.15) is 11.4 Å². The molecule has 4 aromatic rings. The quantitative estimate of drug-likeness (QED) is 0.329. The van der Waals surface area contributed by atoms with Gasteiger partial charge in [0, 0.05) is 73.2 Å². The van der Waals surface area contributed by atoms with Crippen molar-refractivity contribution in [3.63, 3.8) is 0 Å². The summed E-state index contributed by atoms with van der Waals surface area (Å²) in [6.07, 6.45) is 5.66. The number of aromatic amines is 1. The molecule has 1 aliphatic heterocycles. The Labute approximate surface area is 221 Å². The van der Waals surface area contributed by atoms with E-state index in [9.17, 15) is 4.79 Å². The zero-order chi connectivity index (χ0) is 26.1. The Balaban J connectivity index is 1.16. The van der Waals surface area contributed by atoms with Gasteiger partial charge in [0.2, 0.25) is 5.95 Å². The first-order valence-electron chi connectivity index (χ1n) is 13.0. The van der Waals surface area contributed by atoms with Crippen molar-refractivity contribution < 1.29 is 9.53 Å². The summed E-state index contributed by atoms with van der Waals surface area (Å²) in [5.41, 5.74) is 9.75. The number of carbonyl (C=O) groups excluding carboxylic acids is 1. The SMILES string of the molecule is CN1CCN(C(=O)c2cc3cc(Nc4nccc(-c5cc(OCC6(CN)CC6)ccn5)n4)ccc3[nH]2)CC1. The molecule has 0 radical (unpaired) electrons. The van der Waals surface area contributed by atoms with Gasteiger partial charge in [0.05, 0.1) is 18.0 Å². The molecule has 2 aliphatic rings. The van der Waals surface area contributed by atoms with E-state index in [2.05, 4.69) is 37.2 Å². The largest absolute Gasteiger partial charge is 0.493 e. The van der Waals surface area contributed by atoms with Crippen LogP contribution in [0.1, 0.15) is 23.3 Å². The van der Waals surface area contributed by atoms with Crippen molar-refractivity contribution in [2.75, 3.05) is 51.7 Å². The van der Waals surface area contributed by atoms with E-state index in [-0.39, 0.29) is 11.3 Å². The van der Waals surface area contributed by atoms with Crippen LogP contribution in [0.3, 0.4) is 0 Å². The van der Waals surface area contributed by atoms with Gasteiger partial charge in [-0.15, -0.1) is 0 Å². The molecular weight excluding hydrogens is 480 g/mol. The van der Waals surface area contributed by atoms with Gasteiger partial charge >= 0.3 is 0 Å². The van der Waals surface area contributed by atoms with Crippen molar-refractivity contribution in [1.29, 1.82) is 0 Å². The molecule has 0 spiro atoms. The second-order valence-corrected chi connectivity index (χ2v) is 10.3. The fourth-order valence-corrected chi connectivity index (χ4v) is 4.66. The topological polar surface area (TPSA) is 125 Å². The molecule has 196 valence electrons. The lowest BCUT2D eigenvalue weighted by Gasteiger charge is -2.32. The highest BCUT2D eigenvalue weighted by molar-refractivity contribution is 5.98. The Kier molecular flexibility index (Phi) is 6.42. The summed E-state index contributed by atoms with van der Waals surface area (Å²) in [6, 6.07) is 13.4. The highest BCUT2D eigenvalue weighted by atomic mass is 16.5. The number of nitrogens with one attached hydrogen (secondary N) is 2. The maximum Gasteiger partial charge on any atom is 0.270 e. The molecule has 1 saturated carbocycles. The number of pyridine rings is 1. The van der Waals surface area contributed by atoms with Gasteiger partial charge in [-0.2, -0.15) is 0 Å². The number of benzene rings is 1. The van der Waals surface area contributed by atoms with E-state index < -0.39 is 0 Å². The van der Waals surface area contributed by atoms with Crippen LogP contribution in [0.25, 0.3) is 22.3 Å². The Morgan fingerprint density at radius 1 is 1.05 bits per heavy atom. The van der Waals surface area contributed by atoms with Crippen LogP contribution in [-0.4, -0.2) is 82.0 Å². The molecule has 2 fully saturated rings. The third kappa shape index (κ3) is 5.18. The standard InChI is InChI=1S/C28H32N8O2/c1-35-10-12-36(13-11-35)26(37)25-15-19-14-20(2-3-22(19)33-25)32-27-31-9-5-23(34-27)24-16-21(4-8-30-24)38-18-28(17-29)6-7-28/h2-5,8-9,14-16,33H,6-7,10-13,17-18,29H2,1H3,(H,31,32,34). The number of likely N-dealkylation sites (N-methyl/N-ethyl adjacent to an activating group) is 1. The summed E-state index contributed by atoms with van der Waals surface area (Å²) in [5.74, 6) is 1.25. The van der Waals surface area contributed by atoms with E-state index in [1.165, 1.54) is 0 Å². The molecule has 38 heavy (non-hydrogen) atoms. The van der Waals surface area contributed by atoms with E-state index in [1.54, 1.807) is 12.4 Å². The fourth-order valence-electron chi connectivity index (χ4n) is 4.66. The average Bonchev–Trinajstić information content (AvgIpc) is 3.62. The van der Waals surface area contributed by atoms with Crippen molar-refractivity contribution >= 4 is 28.4 Å². The number of H-pyrrole nitrogens is 1. The summed E-state index contributed by atoms with van der Waals surface area (Å²) in [5, 5.41) is 4.22. The van der Waals surface area contributed by atoms with E-state index >= 15 is 0 Å². The molecule has 6 rings (SSSR count). The van der Waals surface area contributed by atoms with E-state index in [4.69, 9.17) is 10.5 Å². The number of hydrogen-bond donors (Lipinski definition) is 3. The summed E-state index contributed by atoms with van der Waals surface area (Å²) in [6.45, 7) is 4.52. The predicted octanol–water partition coefficient (Wildman–Crippen LogP) is 3.27. The maximum atomic E-state index is 13.0. The number of piperazine rings is 1. The van der Waals surface area contributed by atoms with Crippen LogP contribution >= 0.6 is 0 Å². The molecule has 10 nitrogen and oxygen atoms in total. The van der Waals surface area contributed by atoms with Gasteiger partial charge in [0.25, 0.3) is 5.91 Å². The normalized spacial score (nSPS) is 16.9. The van der Waals surface area contributed by atoms with E-state index in [0.29, 0.717) is 36.2 Å². The van der Waals surface area contributed by atoms with Gasteiger partial charge in [-0.25, -0.2) is 9.97 Å². The molecule has 0 unspecified atom stereocenters. The number of amides is 1. The Bertz CT molecular complexity index is 1460. The van der Waals surface area contributed by atoms with Gasteiger partial charge in [-0.05, 0) is 56.3 Å². The lowest BCUT2D eigenvalue weighted by molar-refractivity contribution is 0.0659. The van der Waals surface area contributed by atoms with Crippen LogP contribution in [0.4, 0.5) is 11.6 Å². The van der Waals surface area contributed by atoms with Crippen LogP contribution in [-0.2, 0) is 0 Å². The molecule has 0 bridgehead atoms. The third-order valence-electron chi connectivity index (χ3n) is 7.48. The second kappa shape index (κ2) is 10.0. The number of aromatic nitrogens is 4. The Morgan fingerprint density at radius 3 is 2.66 bits per heavy atom. The predicted molar refractivity (Wildman–Crippen MR) is 146 cm³/mol. The molecule has 0 atom stereocenters. The molecule has 1 aromatic carbocycles.